The first kappa shape index (κ1) is 12.9. The Morgan fingerprint density at radius 2 is 2.00 bits per heavy atom. The Hall–Kier alpha value is -1.52. The number of Topliss-reactive ketones (excluding diaryl/α,β-unsaturated/α-hetero) is 1. The molecule has 5 heteroatoms. The summed E-state index contributed by atoms with van der Waals surface area (Å²) < 4.78 is 42.5. The molecule has 1 aromatic rings. The third-order valence-electron chi connectivity index (χ3n) is 3.27. The van der Waals surface area contributed by atoms with Crippen molar-refractivity contribution in [3.63, 3.8) is 0 Å². The fraction of sp³-hybridized carbons (Fsp3) is 0.462. The standard InChI is InChI=1S/C13H13F3O2/c1-18-11-7-9(13(14,15)16)5-6-10(11)12(17)8-3-2-4-8/h5-8H,2-4H2,1H3. The highest BCUT2D eigenvalue weighted by molar-refractivity contribution is 6.00. The predicted molar refractivity (Wildman–Crippen MR) is 59.7 cm³/mol. The lowest BCUT2D eigenvalue weighted by molar-refractivity contribution is -0.137. The molecule has 18 heavy (non-hydrogen) atoms. The van der Waals surface area contributed by atoms with Crippen molar-refractivity contribution < 1.29 is 22.7 Å². The Bertz CT molecular complexity index is 462. The van der Waals surface area contributed by atoms with E-state index in [1.165, 1.54) is 13.2 Å². The van der Waals surface area contributed by atoms with Gasteiger partial charge in [0.1, 0.15) is 5.75 Å². The predicted octanol–water partition coefficient (Wildman–Crippen LogP) is 3.70. The van der Waals surface area contributed by atoms with Crippen LogP contribution in [-0.4, -0.2) is 12.9 Å². The summed E-state index contributed by atoms with van der Waals surface area (Å²) in [5.41, 5.74) is -0.556. The van der Waals surface area contributed by atoms with Crippen molar-refractivity contribution >= 4 is 5.78 Å². The highest BCUT2D eigenvalue weighted by atomic mass is 19.4. The molecule has 1 saturated carbocycles. The van der Waals surface area contributed by atoms with E-state index in [-0.39, 0.29) is 23.0 Å². The van der Waals surface area contributed by atoms with Crippen molar-refractivity contribution in [3.05, 3.63) is 29.3 Å². The minimum Gasteiger partial charge on any atom is -0.496 e. The van der Waals surface area contributed by atoms with Crippen LogP contribution in [0.5, 0.6) is 5.75 Å². The van der Waals surface area contributed by atoms with Gasteiger partial charge in [0.2, 0.25) is 0 Å². The third-order valence-corrected chi connectivity index (χ3v) is 3.27. The topological polar surface area (TPSA) is 26.3 Å². The van der Waals surface area contributed by atoms with Gasteiger partial charge in [-0.15, -0.1) is 0 Å². The number of ether oxygens (including phenoxy) is 1. The van der Waals surface area contributed by atoms with Crippen molar-refractivity contribution in [2.45, 2.75) is 25.4 Å². The molecular weight excluding hydrogens is 245 g/mol. The van der Waals surface area contributed by atoms with Gasteiger partial charge < -0.3 is 4.74 Å². The van der Waals surface area contributed by atoms with Crippen LogP contribution in [0.1, 0.15) is 35.2 Å². The summed E-state index contributed by atoms with van der Waals surface area (Å²) in [7, 11) is 1.27. The van der Waals surface area contributed by atoms with Gasteiger partial charge in [-0.3, -0.25) is 4.79 Å². The summed E-state index contributed by atoms with van der Waals surface area (Å²) in [6.07, 6.45) is -1.81. The monoisotopic (exact) mass is 258 g/mol. The quantitative estimate of drug-likeness (QED) is 0.773. The summed E-state index contributed by atoms with van der Waals surface area (Å²) in [5.74, 6) is -0.177. The fourth-order valence-corrected chi connectivity index (χ4v) is 1.96. The van der Waals surface area contributed by atoms with Crippen LogP contribution in [0.2, 0.25) is 0 Å². The Labute approximate surface area is 103 Å². The zero-order valence-corrected chi connectivity index (χ0v) is 9.88. The number of ketones is 1. The highest BCUT2D eigenvalue weighted by Gasteiger charge is 2.33. The Balaban J connectivity index is 2.34. The van der Waals surface area contributed by atoms with Gasteiger partial charge in [0, 0.05) is 5.92 Å². The Morgan fingerprint density at radius 3 is 2.44 bits per heavy atom. The van der Waals surface area contributed by atoms with Crippen molar-refractivity contribution in [1.82, 2.24) is 0 Å². The molecule has 0 amide bonds. The van der Waals surface area contributed by atoms with Gasteiger partial charge in [0.25, 0.3) is 0 Å². The minimum absolute atomic E-state index is 0.00160. The Morgan fingerprint density at radius 1 is 1.33 bits per heavy atom. The molecule has 0 spiro atoms. The molecule has 1 aromatic carbocycles. The maximum Gasteiger partial charge on any atom is 0.416 e. The molecule has 0 aliphatic heterocycles. The number of methoxy groups -OCH3 is 1. The molecule has 0 N–H and O–H groups in total. The first-order valence-corrected chi connectivity index (χ1v) is 5.73. The molecular formula is C13H13F3O2. The van der Waals surface area contributed by atoms with Crippen LogP contribution in [0.3, 0.4) is 0 Å². The number of halogens is 3. The molecule has 0 radical (unpaired) electrons. The first-order chi connectivity index (χ1) is 8.43. The van der Waals surface area contributed by atoms with Crippen LogP contribution in [0.25, 0.3) is 0 Å². The Kier molecular flexibility index (Phi) is 3.32. The molecule has 1 aliphatic rings. The van der Waals surface area contributed by atoms with Crippen LogP contribution < -0.4 is 4.74 Å². The zero-order chi connectivity index (χ0) is 13.3. The number of carbonyl (C=O) groups is 1. The maximum atomic E-state index is 12.5. The normalized spacial score (nSPS) is 16.2. The molecule has 0 atom stereocenters. The molecule has 2 nitrogen and oxygen atoms in total. The van der Waals surface area contributed by atoms with E-state index in [1.54, 1.807) is 0 Å². The fourth-order valence-electron chi connectivity index (χ4n) is 1.96. The van der Waals surface area contributed by atoms with E-state index in [4.69, 9.17) is 4.74 Å². The second-order valence-electron chi connectivity index (χ2n) is 4.40. The van der Waals surface area contributed by atoms with Crippen molar-refractivity contribution in [3.8, 4) is 5.75 Å². The van der Waals surface area contributed by atoms with E-state index >= 15 is 0 Å². The second-order valence-corrected chi connectivity index (χ2v) is 4.40. The number of hydrogen-bond donors (Lipinski definition) is 0. The summed E-state index contributed by atoms with van der Waals surface area (Å²) in [4.78, 5) is 12.0. The lowest BCUT2D eigenvalue weighted by Crippen LogP contribution is -2.22. The molecule has 0 saturated heterocycles. The number of rotatable bonds is 3. The van der Waals surface area contributed by atoms with Crippen molar-refractivity contribution in [1.29, 1.82) is 0 Å². The van der Waals surface area contributed by atoms with Gasteiger partial charge in [0.15, 0.2) is 5.78 Å². The van der Waals surface area contributed by atoms with E-state index in [2.05, 4.69) is 0 Å². The van der Waals surface area contributed by atoms with Crippen LogP contribution in [0.15, 0.2) is 18.2 Å². The second kappa shape index (κ2) is 4.63. The van der Waals surface area contributed by atoms with Gasteiger partial charge in [-0.25, -0.2) is 0 Å². The number of hydrogen-bond acceptors (Lipinski definition) is 2. The third kappa shape index (κ3) is 2.35. The van der Waals surface area contributed by atoms with Gasteiger partial charge in [-0.1, -0.05) is 6.42 Å². The summed E-state index contributed by atoms with van der Waals surface area (Å²) in [5, 5.41) is 0. The SMILES string of the molecule is COc1cc(C(F)(F)F)ccc1C(=O)C1CCC1. The number of alkyl halides is 3. The molecule has 1 fully saturated rings. The van der Waals surface area contributed by atoms with E-state index in [0.29, 0.717) is 0 Å². The smallest absolute Gasteiger partial charge is 0.416 e. The van der Waals surface area contributed by atoms with Gasteiger partial charge in [-0.05, 0) is 31.0 Å². The average molecular weight is 258 g/mol. The number of benzene rings is 1. The van der Waals surface area contributed by atoms with Gasteiger partial charge >= 0.3 is 6.18 Å². The lowest BCUT2D eigenvalue weighted by Gasteiger charge is -2.24. The molecule has 0 unspecified atom stereocenters. The molecule has 0 bridgehead atoms. The van der Waals surface area contributed by atoms with Crippen LogP contribution >= 0.6 is 0 Å². The van der Waals surface area contributed by atoms with E-state index in [1.807, 2.05) is 0 Å². The van der Waals surface area contributed by atoms with Crippen molar-refractivity contribution in [2.24, 2.45) is 5.92 Å². The van der Waals surface area contributed by atoms with Crippen molar-refractivity contribution in [2.75, 3.05) is 7.11 Å². The summed E-state index contributed by atoms with van der Waals surface area (Å²) in [6.45, 7) is 0. The number of carbonyl (C=O) groups excluding carboxylic acids is 1. The average Bonchev–Trinajstić information content (AvgIpc) is 2.24. The van der Waals surface area contributed by atoms with Gasteiger partial charge in [-0.2, -0.15) is 13.2 Å². The van der Waals surface area contributed by atoms with Gasteiger partial charge in [0.05, 0.1) is 18.2 Å². The molecule has 0 heterocycles. The van der Waals surface area contributed by atoms with Crippen LogP contribution in [0, 0.1) is 5.92 Å². The van der Waals surface area contributed by atoms with Crippen LogP contribution in [0.4, 0.5) is 13.2 Å². The minimum atomic E-state index is -4.43. The summed E-state index contributed by atoms with van der Waals surface area (Å²) >= 11 is 0. The van der Waals surface area contributed by atoms with E-state index < -0.39 is 11.7 Å². The zero-order valence-electron chi connectivity index (χ0n) is 9.88. The van der Waals surface area contributed by atoms with E-state index in [9.17, 15) is 18.0 Å². The highest BCUT2D eigenvalue weighted by Crippen LogP contribution is 2.36. The lowest BCUT2D eigenvalue weighted by atomic mass is 9.79. The molecule has 2 rings (SSSR count). The largest absolute Gasteiger partial charge is 0.496 e. The maximum absolute atomic E-state index is 12.5. The van der Waals surface area contributed by atoms with E-state index in [0.717, 1.165) is 31.4 Å². The molecule has 1 aliphatic carbocycles. The molecule has 98 valence electrons. The summed E-state index contributed by atoms with van der Waals surface area (Å²) in [6, 6.07) is 3.02. The molecule has 0 aromatic heterocycles. The van der Waals surface area contributed by atoms with Crippen LogP contribution in [-0.2, 0) is 6.18 Å². The first-order valence-electron chi connectivity index (χ1n) is 5.73.